The van der Waals surface area contributed by atoms with Crippen molar-refractivity contribution >= 4 is 28.2 Å². The third-order valence-corrected chi connectivity index (χ3v) is 5.77. The van der Waals surface area contributed by atoms with E-state index in [1.54, 1.807) is 24.5 Å². The van der Waals surface area contributed by atoms with Gasteiger partial charge in [0.05, 0.1) is 11.8 Å². The molecule has 1 aromatic carbocycles. The Kier molecular flexibility index (Phi) is 4.63. The van der Waals surface area contributed by atoms with Gasteiger partial charge in [0.15, 0.2) is 5.82 Å². The minimum atomic E-state index is -0.515. The van der Waals surface area contributed by atoms with Crippen molar-refractivity contribution in [3.8, 4) is 17.2 Å². The van der Waals surface area contributed by atoms with E-state index < -0.39 is 5.82 Å². The van der Waals surface area contributed by atoms with Crippen molar-refractivity contribution < 1.29 is 9.18 Å². The maximum Gasteiger partial charge on any atom is 0.229 e. The average Bonchev–Trinajstić information content (AvgIpc) is 3.34. The third-order valence-electron chi connectivity index (χ3n) is 5.77. The molecule has 1 fully saturated rings. The monoisotopic (exact) mass is 389 g/mol. The number of aromatic nitrogens is 2. The zero-order valence-corrected chi connectivity index (χ0v) is 16.1. The first-order valence-corrected chi connectivity index (χ1v) is 9.39. The summed E-state index contributed by atoms with van der Waals surface area (Å²) in [4.78, 5) is 20.8. The zero-order chi connectivity index (χ0) is 20.7. The quantitative estimate of drug-likeness (QED) is 0.655. The normalized spacial score (nSPS) is 20.3. The number of hydrogen-bond donors (Lipinski definition) is 2. The molecule has 1 amide bonds. The van der Waals surface area contributed by atoms with Crippen molar-refractivity contribution in [3.05, 3.63) is 48.2 Å². The lowest BCUT2D eigenvalue weighted by Gasteiger charge is -2.12. The van der Waals surface area contributed by atoms with Crippen molar-refractivity contribution in [1.82, 2.24) is 9.97 Å². The predicted molar refractivity (Wildman–Crippen MR) is 109 cm³/mol. The lowest BCUT2D eigenvalue weighted by atomic mass is 9.98. The van der Waals surface area contributed by atoms with Crippen LogP contribution in [0.2, 0.25) is 0 Å². The molecule has 0 unspecified atom stereocenters. The molecule has 0 saturated heterocycles. The lowest BCUT2D eigenvalue weighted by Crippen LogP contribution is -2.16. The van der Waals surface area contributed by atoms with E-state index in [9.17, 15) is 9.18 Å². The number of nitriles is 1. The van der Waals surface area contributed by atoms with Crippen molar-refractivity contribution in [1.29, 1.82) is 5.26 Å². The van der Waals surface area contributed by atoms with Gasteiger partial charge in [-0.2, -0.15) is 5.26 Å². The molecular formula is C22H20FN5O. The average molecular weight is 389 g/mol. The first-order chi connectivity index (χ1) is 13.9. The van der Waals surface area contributed by atoms with Gasteiger partial charge in [-0.05, 0) is 47.9 Å². The highest BCUT2D eigenvalue weighted by atomic mass is 19.1. The van der Waals surface area contributed by atoms with Crippen molar-refractivity contribution in [2.75, 3.05) is 11.1 Å². The van der Waals surface area contributed by atoms with E-state index in [4.69, 9.17) is 11.0 Å². The number of nitrogen functional groups attached to an aromatic ring is 1. The smallest absolute Gasteiger partial charge is 0.229 e. The number of carbonyl (C=O) groups excluding carboxylic acids is 1. The Morgan fingerprint density at radius 3 is 2.86 bits per heavy atom. The summed E-state index contributed by atoms with van der Waals surface area (Å²) in [7, 11) is 0. The molecule has 0 bridgehead atoms. The maximum absolute atomic E-state index is 14.9. The summed E-state index contributed by atoms with van der Waals surface area (Å²) in [5.74, 6) is -0.206. The van der Waals surface area contributed by atoms with Crippen LogP contribution in [0.15, 0.2) is 36.8 Å². The molecule has 0 spiro atoms. The van der Waals surface area contributed by atoms with Crippen LogP contribution in [0.3, 0.4) is 0 Å². The summed E-state index contributed by atoms with van der Waals surface area (Å²) < 4.78 is 14.9. The Balaban J connectivity index is 1.69. The maximum atomic E-state index is 14.9. The highest BCUT2D eigenvalue weighted by Crippen LogP contribution is 2.48. The molecule has 29 heavy (non-hydrogen) atoms. The van der Waals surface area contributed by atoms with Crippen LogP contribution in [0, 0.1) is 41.8 Å². The van der Waals surface area contributed by atoms with Crippen LogP contribution in [0.1, 0.15) is 18.9 Å². The molecule has 1 aliphatic carbocycles. The number of amides is 1. The number of halogens is 1. The number of pyridine rings is 2. The Morgan fingerprint density at radius 2 is 2.14 bits per heavy atom. The van der Waals surface area contributed by atoms with Crippen LogP contribution in [0.5, 0.6) is 0 Å². The minimum absolute atomic E-state index is 0.0102. The number of rotatable bonds is 4. The summed E-state index contributed by atoms with van der Waals surface area (Å²) in [6.07, 6.45) is 5.09. The molecule has 0 aliphatic heterocycles. The predicted octanol–water partition coefficient (Wildman–Crippen LogP) is 4.06. The summed E-state index contributed by atoms with van der Waals surface area (Å²) in [6, 6.07) is 7.31. The molecule has 2 aromatic heterocycles. The Morgan fingerprint density at radius 1 is 1.34 bits per heavy atom. The number of nitrogens with two attached hydrogens (primary N) is 1. The number of carbonyl (C=O) groups is 1. The number of nitrogens with zero attached hydrogens (tertiary/aromatic N) is 3. The Bertz CT molecular complexity index is 1170. The van der Waals surface area contributed by atoms with Crippen LogP contribution in [-0.2, 0) is 4.79 Å². The molecule has 0 radical (unpaired) electrons. The summed E-state index contributed by atoms with van der Waals surface area (Å²) in [5.41, 5.74) is 7.94. The zero-order valence-electron chi connectivity index (χ0n) is 16.1. The summed E-state index contributed by atoms with van der Waals surface area (Å²) in [6.45, 7) is 3.84. The number of fused-ring (bicyclic) bond motifs is 1. The van der Waals surface area contributed by atoms with E-state index in [0.29, 0.717) is 34.1 Å². The molecule has 4 rings (SSSR count). The highest BCUT2D eigenvalue weighted by molar-refractivity contribution is 6.00. The number of hydrogen-bond acceptors (Lipinski definition) is 5. The van der Waals surface area contributed by atoms with Crippen LogP contribution in [-0.4, -0.2) is 15.9 Å². The first-order valence-electron chi connectivity index (χ1n) is 9.39. The van der Waals surface area contributed by atoms with Crippen LogP contribution in [0.25, 0.3) is 21.9 Å². The summed E-state index contributed by atoms with van der Waals surface area (Å²) in [5, 5.41) is 12.8. The van der Waals surface area contributed by atoms with Crippen molar-refractivity contribution in [2.24, 2.45) is 17.8 Å². The number of anilines is 2. The molecule has 1 saturated carbocycles. The Labute approximate surface area is 167 Å². The van der Waals surface area contributed by atoms with E-state index in [1.807, 2.05) is 19.9 Å². The van der Waals surface area contributed by atoms with Gasteiger partial charge in [0.25, 0.3) is 0 Å². The molecule has 3 atom stereocenters. The van der Waals surface area contributed by atoms with Gasteiger partial charge in [0, 0.05) is 47.4 Å². The van der Waals surface area contributed by atoms with E-state index in [1.165, 1.54) is 6.20 Å². The second-order valence-corrected chi connectivity index (χ2v) is 7.53. The third kappa shape index (κ3) is 3.27. The van der Waals surface area contributed by atoms with E-state index in [0.717, 1.165) is 5.56 Å². The second kappa shape index (κ2) is 7.13. The molecule has 146 valence electrons. The van der Waals surface area contributed by atoms with Crippen molar-refractivity contribution in [2.45, 2.75) is 20.3 Å². The second-order valence-electron chi connectivity index (χ2n) is 7.53. The fourth-order valence-electron chi connectivity index (χ4n) is 3.91. The number of nitrogens with one attached hydrogen (secondary N) is 1. The van der Waals surface area contributed by atoms with Gasteiger partial charge in [0.1, 0.15) is 5.82 Å². The number of aryl methyl sites for hydroxylation is 1. The van der Waals surface area contributed by atoms with Gasteiger partial charge in [-0.3, -0.25) is 9.78 Å². The van der Waals surface area contributed by atoms with Gasteiger partial charge < -0.3 is 11.1 Å². The molecule has 2 heterocycles. The highest BCUT2D eigenvalue weighted by Gasteiger charge is 2.51. The standard InChI is InChI=1S/C22H20FN5O/c1-11-4-6-26-9-16(11)15-7-13-8-18(27-10-17(13)21(25)20(15)23)28-22(29)19-12(2)14(19)3-5-24/h4,6-10,12,14,19H,3,25H2,1-2H3,(H,27,28,29)/t12-,14+,19+/m0/s1. The van der Waals surface area contributed by atoms with Crippen LogP contribution >= 0.6 is 0 Å². The molecular weight excluding hydrogens is 369 g/mol. The summed E-state index contributed by atoms with van der Waals surface area (Å²) >= 11 is 0. The molecule has 6 nitrogen and oxygen atoms in total. The van der Waals surface area contributed by atoms with Gasteiger partial charge in [-0.1, -0.05) is 6.92 Å². The van der Waals surface area contributed by atoms with Gasteiger partial charge in [0.2, 0.25) is 5.91 Å². The SMILES string of the molecule is Cc1ccncc1-c1cc2cc(NC(=O)[C@@H]3[C@@H](C)[C@H]3CC#N)ncc2c(N)c1F. The fourth-order valence-corrected chi connectivity index (χ4v) is 3.91. The van der Waals surface area contributed by atoms with Gasteiger partial charge >= 0.3 is 0 Å². The minimum Gasteiger partial charge on any atom is -0.396 e. The topological polar surface area (TPSA) is 105 Å². The van der Waals surface area contributed by atoms with Crippen molar-refractivity contribution in [3.63, 3.8) is 0 Å². The van der Waals surface area contributed by atoms with E-state index in [-0.39, 0.29) is 29.3 Å². The van der Waals surface area contributed by atoms with Crippen LogP contribution < -0.4 is 11.1 Å². The van der Waals surface area contributed by atoms with Crippen LogP contribution in [0.4, 0.5) is 15.9 Å². The molecule has 3 aromatic rings. The lowest BCUT2D eigenvalue weighted by molar-refractivity contribution is -0.117. The molecule has 7 heteroatoms. The van der Waals surface area contributed by atoms with E-state index in [2.05, 4.69) is 21.4 Å². The number of benzene rings is 1. The fraction of sp³-hybridized carbons (Fsp3) is 0.273. The first kappa shape index (κ1) is 18.8. The van der Waals surface area contributed by atoms with Gasteiger partial charge in [-0.15, -0.1) is 0 Å². The Hall–Kier alpha value is -3.53. The van der Waals surface area contributed by atoms with E-state index >= 15 is 0 Å². The molecule has 1 aliphatic rings. The largest absolute Gasteiger partial charge is 0.396 e. The van der Waals surface area contributed by atoms with Gasteiger partial charge in [-0.25, -0.2) is 9.37 Å². The molecule has 3 N–H and O–H groups in total.